The molecule has 3 rings (SSSR count). The van der Waals surface area contributed by atoms with Gasteiger partial charge >= 0.3 is 0 Å². The number of carbonyl (C=O) groups is 1. The standard InChI is InChI=1S/C18H20N4O3S3/c1-21(2)15-8-7-12(28(24,25)22(3)4)10-13(15)19-17(23)14-11-27-18(20-14)16-6-5-9-26-16/h5-11H,1-4H3,(H,19,23). The zero-order valence-electron chi connectivity index (χ0n) is 15.8. The number of nitrogens with one attached hydrogen (secondary N) is 1. The normalized spacial score (nSPS) is 11.6. The van der Waals surface area contributed by atoms with Gasteiger partial charge in [0.1, 0.15) is 10.7 Å². The lowest BCUT2D eigenvalue weighted by atomic mass is 10.2. The summed E-state index contributed by atoms with van der Waals surface area (Å²) in [5.41, 5.74) is 1.39. The highest BCUT2D eigenvalue weighted by Crippen LogP contribution is 2.31. The molecular formula is C18H20N4O3S3. The summed E-state index contributed by atoms with van der Waals surface area (Å²) < 4.78 is 26.0. The number of thiazole rings is 1. The van der Waals surface area contributed by atoms with Crippen LogP contribution >= 0.6 is 22.7 Å². The molecule has 2 aromatic heterocycles. The van der Waals surface area contributed by atoms with E-state index in [9.17, 15) is 13.2 Å². The van der Waals surface area contributed by atoms with E-state index in [1.807, 2.05) is 31.6 Å². The van der Waals surface area contributed by atoms with Gasteiger partial charge < -0.3 is 10.2 Å². The Morgan fingerprint density at radius 3 is 2.46 bits per heavy atom. The minimum atomic E-state index is -3.62. The number of benzene rings is 1. The SMILES string of the molecule is CN(C)c1ccc(S(=O)(=O)N(C)C)cc1NC(=O)c1csc(-c2cccs2)n1. The molecule has 28 heavy (non-hydrogen) atoms. The van der Waals surface area contributed by atoms with Crippen LogP contribution in [0.5, 0.6) is 0 Å². The first-order valence-electron chi connectivity index (χ1n) is 8.25. The van der Waals surface area contributed by atoms with Gasteiger partial charge in [-0.05, 0) is 29.6 Å². The Balaban J connectivity index is 1.93. The first-order chi connectivity index (χ1) is 13.2. The first-order valence-corrected chi connectivity index (χ1v) is 11.4. The summed E-state index contributed by atoms with van der Waals surface area (Å²) in [7, 11) is 2.96. The largest absolute Gasteiger partial charge is 0.376 e. The maximum absolute atomic E-state index is 12.7. The van der Waals surface area contributed by atoms with Crippen molar-refractivity contribution < 1.29 is 13.2 Å². The molecule has 1 amide bonds. The van der Waals surface area contributed by atoms with Crippen molar-refractivity contribution in [2.75, 3.05) is 38.4 Å². The van der Waals surface area contributed by atoms with Crippen LogP contribution in [0, 0.1) is 0 Å². The van der Waals surface area contributed by atoms with E-state index in [-0.39, 0.29) is 10.8 Å². The Labute approximate surface area is 172 Å². The number of hydrogen-bond acceptors (Lipinski definition) is 7. The van der Waals surface area contributed by atoms with Crippen molar-refractivity contribution in [1.29, 1.82) is 0 Å². The van der Waals surface area contributed by atoms with Crippen LogP contribution in [-0.4, -0.2) is 51.8 Å². The lowest BCUT2D eigenvalue weighted by Crippen LogP contribution is -2.23. The van der Waals surface area contributed by atoms with Crippen molar-refractivity contribution in [1.82, 2.24) is 9.29 Å². The third-order valence-corrected chi connectivity index (χ3v) is 7.64. The number of amides is 1. The van der Waals surface area contributed by atoms with Gasteiger partial charge in [0.15, 0.2) is 0 Å². The van der Waals surface area contributed by atoms with E-state index in [0.717, 1.165) is 14.2 Å². The summed E-state index contributed by atoms with van der Waals surface area (Å²) in [6.45, 7) is 0. The molecule has 0 aliphatic carbocycles. The highest BCUT2D eigenvalue weighted by molar-refractivity contribution is 7.89. The van der Waals surface area contributed by atoms with Crippen LogP contribution in [0.2, 0.25) is 0 Å². The van der Waals surface area contributed by atoms with Gasteiger partial charge in [-0.3, -0.25) is 4.79 Å². The van der Waals surface area contributed by atoms with Crippen molar-refractivity contribution in [3.05, 3.63) is 46.8 Å². The second-order valence-corrected chi connectivity index (χ2v) is 10.3. The van der Waals surface area contributed by atoms with Gasteiger partial charge in [0.25, 0.3) is 5.91 Å². The average molecular weight is 437 g/mol. The molecule has 0 bridgehead atoms. The summed E-state index contributed by atoms with van der Waals surface area (Å²) in [6.07, 6.45) is 0. The zero-order valence-corrected chi connectivity index (χ0v) is 18.3. The number of sulfonamides is 1. The van der Waals surface area contributed by atoms with E-state index in [2.05, 4.69) is 10.3 Å². The van der Waals surface area contributed by atoms with Crippen molar-refractivity contribution in [2.24, 2.45) is 0 Å². The van der Waals surface area contributed by atoms with Gasteiger partial charge in [0, 0.05) is 33.6 Å². The van der Waals surface area contributed by atoms with E-state index in [1.165, 1.54) is 37.6 Å². The molecule has 0 radical (unpaired) electrons. The maximum Gasteiger partial charge on any atom is 0.275 e. The molecule has 0 aliphatic rings. The first kappa shape index (κ1) is 20.5. The highest BCUT2D eigenvalue weighted by atomic mass is 32.2. The fourth-order valence-electron chi connectivity index (χ4n) is 2.45. The Morgan fingerprint density at radius 1 is 1.11 bits per heavy atom. The van der Waals surface area contributed by atoms with Crippen LogP contribution in [0.4, 0.5) is 11.4 Å². The molecule has 10 heteroatoms. The Morgan fingerprint density at radius 2 is 1.86 bits per heavy atom. The number of hydrogen-bond donors (Lipinski definition) is 1. The molecule has 1 aromatic carbocycles. The zero-order chi connectivity index (χ0) is 20.5. The molecule has 0 saturated carbocycles. The van der Waals surface area contributed by atoms with Crippen molar-refractivity contribution in [3.63, 3.8) is 0 Å². The van der Waals surface area contributed by atoms with Crippen LogP contribution in [0.1, 0.15) is 10.5 Å². The van der Waals surface area contributed by atoms with Crippen molar-refractivity contribution in [2.45, 2.75) is 4.90 Å². The van der Waals surface area contributed by atoms with Gasteiger partial charge in [-0.2, -0.15) is 0 Å². The third kappa shape index (κ3) is 4.09. The fourth-order valence-corrected chi connectivity index (χ4v) is 5.00. The molecule has 2 heterocycles. The van der Waals surface area contributed by atoms with Gasteiger partial charge in [-0.15, -0.1) is 22.7 Å². The quantitative estimate of drug-likeness (QED) is 0.640. The van der Waals surface area contributed by atoms with Crippen LogP contribution in [0.15, 0.2) is 46.0 Å². The van der Waals surface area contributed by atoms with Crippen LogP contribution in [-0.2, 0) is 10.0 Å². The summed E-state index contributed by atoms with van der Waals surface area (Å²) >= 11 is 2.95. The van der Waals surface area contributed by atoms with Crippen LogP contribution in [0.3, 0.4) is 0 Å². The Kier molecular flexibility index (Phi) is 5.84. The molecular weight excluding hydrogens is 416 g/mol. The Hall–Kier alpha value is -2.27. The van der Waals surface area contributed by atoms with Crippen molar-refractivity contribution in [3.8, 4) is 9.88 Å². The van der Waals surface area contributed by atoms with E-state index >= 15 is 0 Å². The molecule has 0 saturated heterocycles. The van der Waals surface area contributed by atoms with Crippen LogP contribution < -0.4 is 10.2 Å². The molecule has 0 atom stereocenters. The molecule has 0 aliphatic heterocycles. The smallest absolute Gasteiger partial charge is 0.275 e. The predicted octanol–water partition coefficient (Wildman–Crippen LogP) is 3.44. The van der Waals surface area contributed by atoms with E-state index in [4.69, 9.17) is 0 Å². The lowest BCUT2D eigenvalue weighted by molar-refractivity contribution is 0.102. The van der Waals surface area contributed by atoms with Gasteiger partial charge in [-0.1, -0.05) is 6.07 Å². The molecule has 148 valence electrons. The van der Waals surface area contributed by atoms with Crippen molar-refractivity contribution >= 4 is 50.0 Å². The summed E-state index contributed by atoms with van der Waals surface area (Å²) in [5.74, 6) is -0.387. The highest BCUT2D eigenvalue weighted by Gasteiger charge is 2.21. The monoisotopic (exact) mass is 436 g/mol. The number of aromatic nitrogens is 1. The molecule has 0 spiro atoms. The molecule has 7 nitrogen and oxygen atoms in total. The topological polar surface area (TPSA) is 82.6 Å². The minimum absolute atomic E-state index is 0.107. The number of carbonyl (C=O) groups excluding carboxylic acids is 1. The number of nitrogens with zero attached hydrogens (tertiary/aromatic N) is 3. The summed E-state index contributed by atoms with van der Waals surface area (Å²) in [6, 6.07) is 8.55. The number of anilines is 2. The van der Waals surface area contributed by atoms with E-state index < -0.39 is 10.0 Å². The average Bonchev–Trinajstić information content (AvgIpc) is 3.32. The van der Waals surface area contributed by atoms with Crippen LogP contribution in [0.25, 0.3) is 9.88 Å². The number of thiophene rings is 1. The summed E-state index contributed by atoms with van der Waals surface area (Å²) in [5, 5.41) is 7.23. The molecule has 1 N–H and O–H groups in total. The molecule has 0 fully saturated rings. The third-order valence-electron chi connectivity index (χ3n) is 3.95. The maximum atomic E-state index is 12.7. The van der Waals surface area contributed by atoms with Gasteiger partial charge in [0.2, 0.25) is 10.0 Å². The molecule has 3 aromatic rings. The second kappa shape index (κ2) is 8.00. The predicted molar refractivity (Wildman–Crippen MR) is 115 cm³/mol. The minimum Gasteiger partial charge on any atom is -0.376 e. The molecule has 0 unspecified atom stereocenters. The second-order valence-electron chi connectivity index (χ2n) is 6.33. The fraction of sp³-hybridized carbons (Fsp3) is 0.222. The van der Waals surface area contributed by atoms with E-state index in [1.54, 1.807) is 27.7 Å². The summed E-state index contributed by atoms with van der Waals surface area (Å²) in [4.78, 5) is 20.0. The lowest BCUT2D eigenvalue weighted by Gasteiger charge is -2.20. The van der Waals surface area contributed by atoms with E-state index in [0.29, 0.717) is 17.1 Å². The Bertz CT molecular complexity index is 1090. The number of rotatable bonds is 6. The van der Waals surface area contributed by atoms with Gasteiger partial charge in [0.05, 0.1) is 21.1 Å². The van der Waals surface area contributed by atoms with Gasteiger partial charge in [-0.25, -0.2) is 17.7 Å².